The van der Waals surface area contributed by atoms with Gasteiger partial charge in [0.15, 0.2) is 0 Å². The molecule has 4 aromatic rings. The van der Waals surface area contributed by atoms with E-state index in [0.717, 1.165) is 33.9 Å². The lowest BCUT2D eigenvalue weighted by atomic mass is 10.1. The van der Waals surface area contributed by atoms with Crippen LogP contribution in [0.2, 0.25) is 0 Å². The Labute approximate surface area is 189 Å². The zero-order valence-electron chi connectivity index (χ0n) is 16.8. The number of hydrazone groups is 1. The van der Waals surface area contributed by atoms with Gasteiger partial charge in [-0.15, -0.1) is 0 Å². The number of hydrogen-bond acceptors (Lipinski definition) is 3. The maximum absolute atomic E-state index is 12.6. The van der Waals surface area contributed by atoms with Crippen LogP contribution in [0.15, 0.2) is 94.5 Å². The molecule has 0 aromatic heterocycles. The molecule has 5 heteroatoms. The Balaban J connectivity index is 1.29. The minimum Gasteiger partial charge on any atom is -0.363 e. The highest BCUT2D eigenvalue weighted by Gasteiger charge is 2.20. The Kier molecular flexibility index (Phi) is 5.26. The van der Waals surface area contributed by atoms with Gasteiger partial charge in [-0.05, 0) is 58.3 Å². The van der Waals surface area contributed by atoms with Crippen molar-refractivity contribution in [3.8, 4) is 0 Å². The minimum absolute atomic E-state index is 0.207. The first-order valence-corrected chi connectivity index (χ1v) is 10.9. The van der Waals surface area contributed by atoms with Crippen LogP contribution in [0.4, 0.5) is 5.69 Å². The van der Waals surface area contributed by atoms with Gasteiger partial charge in [-0.3, -0.25) is 4.79 Å². The van der Waals surface area contributed by atoms with Crippen LogP contribution < -0.4 is 10.3 Å². The van der Waals surface area contributed by atoms with Crippen molar-refractivity contribution >= 4 is 44.5 Å². The van der Waals surface area contributed by atoms with Crippen LogP contribution in [0.5, 0.6) is 0 Å². The normalized spacial score (nSPS) is 13.0. The number of nitrogens with one attached hydrogen (secondary N) is 1. The zero-order valence-corrected chi connectivity index (χ0v) is 18.3. The highest BCUT2D eigenvalue weighted by Crippen LogP contribution is 2.29. The van der Waals surface area contributed by atoms with Crippen molar-refractivity contribution < 1.29 is 4.79 Å². The highest BCUT2D eigenvalue weighted by molar-refractivity contribution is 9.10. The molecule has 0 fully saturated rings. The Morgan fingerprint density at radius 1 is 0.903 bits per heavy atom. The summed E-state index contributed by atoms with van der Waals surface area (Å²) >= 11 is 3.48. The fraction of sp³-hybridized carbons (Fsp3) is 0.0769. The SMILES string of the molecule is O=C(N/N=C/c1cccc2ccccc12)c1ccc2c(c1)CN(c1ccc(Br)cc1)C2. The quantitative estimate of drug-likeness (QED) is 0.299. The Morgan fingerprint density at radius 3 is 2.55 bits per heavy atom. The summed E-state index contributed by atoms with van der Waals surface area (Å²) in [5.41, 5.74) is 7.85. The van der Waals surface area contributed by atoms with Crippen molar-refractivity contribution in [1.29, 1.82) is 0 Å². The maximum Gasteiger partial charge on any atom is 0.271 e. The molecule has 0 radical (unpaired) electrons. The van der Waals surface area contributed by atoms with Gasteiger partial charge in [-0.1, -0.05) is 64.5 Å². The van der Waals surface area contributed by atoms with Crippen molar-refractivity contribution in [3.05, 3.63) is 112 Å². The van der Waals surface area contributed by atoms with E-state index >= 15 is 0 Å². The van der Waals surface area contributed by atoms with Crippen molar-refractivity contribution in [2.24, 2.45) is 5.10 Å². The molecule has 1 aliphatic rings. The van der Waals surface area contributed by atoms with Gasteiger partial charge in [-0.25, -0.2) is 5.43 Å². The molecule has 5 rings (SSSR count). The van der Waals surface area contributed by atoms with Gasteiger partial charge >= 0.3 is 0 Å². The highest BCUT2D eigenvalue weighted by atomic mass is 79.9. The molecule has 0 saturated carbocycles. The first-order chi connectivity index (χ1) is 15.2. The van der Waals surface area contributed by atoms with E-state index in [1.165, 1.54) is 16.8 Å². The van der Waals surface area contributed by atoms with Crippen molar-refractivity contribution in [1.82, 2.24) is 5.43 Å². The van der Waals surface area contributed by atoms with E-state index in [9.17, 15) is 4.79 Å². The Hall–Kier alpha value is -3.44. The van der Waals surface area contributed by atoms with Crippen LogP contribution >= 0.6 is 15.9 Å². The second kappa shape index (κ2) is 8.36. The summed E-state index contributed by atoms with van der Waals surface area (Å²) in [6.45, 7) is 1.63. The molecule has 0 unspecified atom stereocenters. The molecule has 152 valence electrons. The van der Waals surface area contributed by atoms with Crippen molar-refractivity contribution in [2.75, 3.05) is 4.90 Å². The average molecular weight is 470 g/mol. The first kappa shape index (κ1) is 19.5. The van der Waals surface area contributed by atoms with E-state index < -0.39 is 0 Å². The molecular weight excluding hydrogens is 450 g/mol. The van der Waals surface area contributed by atoms with Crippen LogP contribution in [0.1, 0.15) is 27.0 Å². The summed E-state index contributed by atoms with van der Waals surface area (Å²) in [5.74, 6) is -0.207. The third kappa shape index (κ3) is 4.09. The number of carbonyl (C=O) groups excluding carboxylic acids is 1. The summed E-state index contributed by atoms with van der Waals surface area (Å²) in [7, 11) is 0. The summed E-state index contributed by atoms with van der Waals surface area (Å²) in [6, 6.07) is 28.3. The summed E-state index contributed by atoms with van der Waals surface area (Å²) < 4.78 is 1.07. The van der Waals surface area contributed by atoms with Gasteiger partial charge in [0.1, 0.15) is 0 Å². The van der Waals surface area contributed by atoms with Crippen LogP contribution in [0, 0.1) is 0 Å². The number of carbonyl (C=O) groups is 1. The number of halogens is 1. The number of fused-ring (bicyclic) bond motifs is 2. The van der Waals surface area contributed by atoms with Gasteiger partial charge < -0.3 is 4.90 Å². The maximum atomic E-state index is 12.6. The fourth-order valence-corrected chi connectivity index (χ4v) is 4.22. The lowest BCUT2D eigenvalue weighted by molar-refractivity contribution is 0.0955. The Morgan fingerprint density at radius 2 is 1.68 bits per heavy atom. The molecule has 0 bridgehead atoms. The monoisotopic (exact) mass is 469 g/mol. The standard InChI is InChI=1S/C26H20BrN3O/c27-23-10-12-24(13-11-23)30-16-21-9-8-19(14-22(21)17-30)26(31)29-28-15-20-6-3-5-18-4-1-2-7-25(18)20/h1-15H,16-17H2,(H,29,31)/b28-15+. The van der Waals surface area contributed by atoms with E-state index in [4.69, 9.17) is 0 Å². The van der Waals surface area contributed by atoms with Crippen molar-refractivity contribution in [2.45, 2.75) is 13.1 Å². The summed E-state index contributed by atoms with van der Waals surface area (Å²) in [6.07, 6.45) is 1.70. The minimum atomic E-state index is -0.207. The molecule has 0 aliphatic carbocycles. The van der Waals surface area contributed by atoms with Gasteiger partial charge in [0, 0.05) is 34.4 Å². The van der Waals surface area contributed by atoms with Gasteiger partial charge in [0.05, 0.1) is 6.21 Å². The lowest BCUT2D eigenvalue weighted by Crippen LogP contribution is -2.18. The molecule has 1 amide bonds. The molecular formula is C26H20BrN3O. The second-order valence-electron chi connectivity index (χ2n) is 7.58. The number of anilines is 1. The van der Waals surface area contributed by atoms with Crippen LogP contribution in [0.3, 0.4) is 0 Å². The molecule has 1 N–H and O–H groups in total. The van der Waals surface area contributed by atoms with E-state index in [1.54, 1.807) is 6.21 Å². The average Bonchev–Trinajstić information content (AvgIpc) is 3.23. The van der Waals surface area contributed by atoms with Gasteiger partial charge in [0.25, 0.3) is 5.91 Å². The fourth-order valence-electron chi connectivity index (χ4n) is 3.96. The van der Waals surface area contributed by atoms with Gasteiger partial charge in [0.2, 0.25) is 0 Å². The predicted molar refractivity (Wildman–Crippen MR) is 129 cm³/mol. The largest absolute Gasteiger partial charge is 0.363 e. The van der Waals surface area contributed by atoms with E-state index in [0.29, 0.717) is 5.56 Å². The molecule has 1 aliphatic heterocycles. The molecule has 31 heavy (non-hydrogen) atoms. The molecule has 0 spiro atoms. The number of amides is 1. The first-order valence-electron chi connectivity index (χ1n) is 10.1. The van der Waals surface area contributed by atoms with Crippen LogP contribution in [0.25, 0.3) is 10.8 Å². The third-order valence-corrected chi connectivity index (χ3v) is 6.10. The van der Waals surface area contributed by atoms with Crippen LogP contribution in [-0.2, 0) is 13.1 Å². The zero-order chi connectivity index (χ0) is 21.2. The topological polar surface area (TPSA) is 44.7 Å². The second-order valence-corrected chi connectivity index (χ2v) is 8.50. The van der Waals surface area contributed by atoms with E-state index in [1.807, 2.05) is 54.6 Å². The Bertz CT molecular complexity index is 1290. The van der Waals surface area contributed by atoms with E-state index in [2.05, 4.69) is 61.7 Å². The van der Waals surface area contributed by atoms with Crippen LogP contribution in [-0.4, -0.2) is 12.1 Å². The summed E-state index contributed by atoms with van der Waals surface area (Å²) in [5, 5.41) is 6.44. The molecule has 1 heterocycles. The predicted octanol–water partition coefficient (Wildman–Crippen LogP) is 5.89. The van der Waals surface area contributed by atoms with E-state index in [-0.39, 0.29) is 5.91 Å². The van der Waals surface area contributed by atoms with Crippen molar-refractivity contribution in [3.63, 3.8) is 0 Å². The third-order valence-electron chi connectivity index (χ3n) is 5.58. The number of benzene rings is 4. The number of nitrogens with zero attached hydrogens (tertiary/aromatic N) is 2. The lowest BCUT2D eigenvalue weighted by Gasteiger charge is -2.17. The molecule has 0 saturated heterocycles. The van der Waals surface area contributed by atoms with Gasteiger partial charge in [-0.2, -0.15) is 5.10 Å². The molecule has 0 atom stereocenters. The number of hydrogen-bond donors (Lipinski definition) is 1. The molecule has 4 nitrogen and oxygen atoms in total. The number of rotatable bonds is 4. The molecule has 4 aromatic carbocycles. The smallest absolute Gasteiger partial charge is 0.271 e. The summed E-state index contributed by atoms with van der Waals surface area (Å²) in [4.78, 5) is 14.9.